The van der Waals surface area contributed by atoms with Crippen LogP contribution < -0.4 is 5.32 Å². The molecular formula is C20H24BrN3O5S. The number of rotatable bonds is 6. The van der Waals surface area contributed by atoms with Crippen LogP contribution in [0.4, 0.5) is 0 Å². The van der Waals surface area contributed by atoms with Crippen LogP contribution in [0, 0.1) is 5.92 Å². The van der Waals surface area contributed by atoms with Gasteiger partial charge in [0.15, 0.2) is 5.76 Å². The molecule has 2 heterocycles. The lowest BCUT2D eigenvalue weighted by atomic mass is 10.0. The minimum Gasteiger partial charge on any atom is -0.459 e. The van der Waals surface area contributed by atoms with Gasteiger partial charge in [-0.1, -0.05) is 35.8 Å². The summed E-state index contributed by atoms with van der Waals surface area (Å²) in [5.41, 5.74) is 0. The summed E-state index contributed by atoms with van der Waals surface area (Å²) in [5.74, 6) is -0.689. The Labute approximate surface area is 184 Å². The molecule has 2 amide bonds. The summed E-state index contributed by atoms with van der Waals surface area (Å²) in [6, 6.07) is 8.96. The highest BCUT2D eigenvalue weighted by Gasteiger charge is 2.34. The van der Waals surface area contributed by atoms with Crippen molar-refractivity contribution in [2.24, 2.45) is 5.92 Å². The Morgan fingerprint density at radius 1 is 1.10 bits per heavy atom. The molecule has 1 atom stereocenters. The second kappa shape index (κ2) is 9.32. The van der Waals surface area contributed by atoms with Gasteiger partial charge in [0.25, 0.3) is 5.91 Å². The molecule has 3 rings (SSSR count). The molecule has 0 radical (unpaired) electrons. The molecule has 0 unspecified atom stereocenters. The first-order valence-corrected chi connectivity index (χ1v) is 11.8. The van der Waals surface area contributed by atoms with E-state index < -0.39 is 22.0 Å². The third kappa shape index (κ3) is 4.93. The van der Waals surface area contributed by atoms with Crippen LogP contribution in [-0.4, -0.2) is 61.7 Å². The Morgan fingerprint density at radius 3 is 2.37 bits per heavy atom. The Morgan fingerprint density at radius 2 is 1.80 bits per heavy atom. The number of nitrogens with one attached hydrogen (secondary N) is 1. The summed E-state index contributed by atoms with van der Waals surface area (Å²) in [6.45, 7) is 4.59. The molecule has 1 fully saturated rings. The van der Waals surface area contributed by atoms with Crippen molar-refractivity contribution < 1.29 is 22.4 Å². The predicted molar refractivity (Wildman–Crippen MR) is 114 cm³/mol. The zero-order valence-corrected chi connectivity index (χ0v) is 19.1. The summed E-state index contributed by atoms with van der Waals surface area (Å²) in [4.78, 5) is 27.1. The Hall–Kier alpha value is -2.17. The zero-order valence-electron chi connectivity index (χ0n) is 16.7. The highest BCUT2D eigenvalue weighted by Crippen LogP contribution is 2.21. The van der Waals surface area contributed by atoms with Gasteiger partial charge < -0.3 is 14.6 Å². The number of halogens is 1. The largest absolute Gasteiger partial charge is 0.459 e. The van der Waals surface area contributed by atoms with Gasteiger partial charge in [0, 0.05) is 30.7 Å². The molecule has 10 heteroatoms. The lowest BCUT2D eigenvalue weighted by Gasteiger charge is -2.36. The molecule has 1 N–H and O–H groups in total. The van der Waals surface area contributed by atoms with Crippen molar-refractivity contribution in [3.05, 3.63) is 52.9 Å². The second-order valence-corrected chi connectivity index (χ2v) is 10.2. The average Bonchev–Trinajstić information content (AvgIpc) is 3.26. The molecule has 1 aliphatic heterocycles. The van der Waals surface area contributed by atoms with Crippen molar-refractivity contribution in [3.63, 3.8) is 0 Å². The number of benzene rings is 1. The molecule has 1 aromatic carbocycles. The van der Waals surface area contributed by atoms with E-state index >= 15 is 0 Å². The van der Waals surface area contributed by atoms with Gasteiger partial charge >= 0.3 is 0 Å². The molecule has 2 aromatic rings. The predicted octanol–water partition coefficient (Wildman–Crippen LogP) is 2.33. The van der Waals surface area contributed by atoms with Crippen molar-refractivity contribution in [3.8, 4) is 0 Å². The van der Waals surface area contributed by atoms with E-state index in [1.54, 1.807) is 35.2 Å². The van der Waals surface area contributed by atoms with Gasteiger partial charge in [-0.3, -0.25) is 9.59 Å². The number of furan rings is 1. The van der Waals surface area contributed by atoms with Crippen LogP contribution in [0.25, 0.3) is 0 Å². The molecule has 0 spiro atoms. The normalized spacial score (nSPS) is 16.5. The average molecular weight is 498 g/mol. The molecule has 1 aromatic heterocycles. The molecule has 0 bridgehead atoms. The van der Waals surface area contributed by atoms with Crippen molar-refractivity contribution in [2.75, 3.05) is 26.2 Å². The highest BCUT2D eigenvalue weighted by molar-refractivity contribution is 9.10. The fourth-order valence-corrected chi connectivity index (χ4v) is 5.28. The number of nitrogens with zero attached hydrogens (tertiary/aromatic N) is 2. The van der Waals surface area contributed by atoms with Crippen molar-refractivity contribution in [1.29, 1.82) is 0 Å². The number of sulfonamides is 1. The lowest BCUT2D eigenvalue weighted by molar-refractivity contribution is -0.135. The third-order valence-electron chi connectivity index (χ3n) is 4.95. The van der Waals surface area contributed by atoms with Gasteiger partial charge in [0.2, 0.25) is 15.9 Å². The van der Waals surface area contributed by atoms with E-state index in [2.05, 4.69) is 21.2 Å². The maximum atomic E-state index is 13.0. The maximum Gasteiger partial charge on any atom is 0.287 e. The van der Waals surface area contributed by atoms with Gasteiger partial charge in [-0.25, -0.2) is 8.42 Å². The fraction of sp³-hybridized carbons (Fsp3) is 0.400. The van der Waals surface area contributed by atoms with Crippen LogP contribution in [0.1, 0.15) is 24.4 Å². The van der Waals surface area contributed by atoms with Crippen LogP contribution in [0.2, 0.25) is 0 Å². The monoisotopic (exact) mass is 497 g/mol. The third-order valence-corrected chi connectivity index (χ3v) is 7.34. The van der Waals surface area contributed by atoms with Crippen LogP contribution in [-0.2, 0) is 14.8 Å². The first-order chi connectivity index (χ1) is 14.2. The van der Waals surface area contributed by atoms with Crippen LogP contribution in [0.5, 0.6) is 0 Å². The lowest BCUT2D eigenvalue weighted by Crippen LogP contribution is -2.57. The van der Waals surface area contributed by atoms with E-state index in [0.717, 1.165) is 0 Å². The minimum absolute atomic E-state index is 0.137. The minimum atomic E-state index is -3.64. The molecule has 162 valence electrons. The summed E-state index contributed by atoms with van der Waals surface area (Å²) in [6.07, 6.45) is 1.39. The zero-order chi connectivity index (χ0) is 21.9. The molecule has 0 saturated carbocycles. The van der Waals surface area contributed by atoms with Gasteiger partial charge in [-0.2, -0.15) is 4.31 Å². The SMILES string of the molecule is CC(C)[C@H](NC(=O)c1ccco1)C(=O)N1CCN(S(=O)(=O)c2cccc(Br)c2)CC1. The van der Waals surface area contributed by atoms with Crippen molar-refractivity contribution >= 4 is 37.8 Å². The van der Waals surface area contributed by atoms with E-state index in [4.69, 9.17) is 4.42 Å². The Kier molecular flexibility index (Phi) is 6.99. The number of amides is 2. The molecule has 30 heavy (non-hydrogen) atoms. The standard InChI is InChI=1S/C20H24BrN3O5S/c1-14(2)18(22-19(25)17-7-4-12-29-17)20(26)23-8-10-24(11-9-23)30(27,28)16-6-3-5-15(21)13-16/h3-7,12-14,18H,8-11H2,1-2H3,(H,22,25)/t18-/m0/s1. The number of hydrogen-bond donors (Lipinski definition) is 1. The maximum absolute atomic E-state index is 13.0. The van der Waals surface area contributed by atoms with Crippen molar-refractivity contribution in [1.82, 2.24) is 14.5 Å². The van der Waals surface area contributed by atoms with E-state index in [9.17, 15) is 18.0 Å². The second-order valence-electron chi connectivity index (χ2n) is 7.36. The van der Waals surface area contributed by atoms with Gasteiger partial charge in [0.1, 0.15) is 6.04 Å². The smallest absolute Gasteiger partial charge is 0.287 e. The summed E-state index contributed by atoms with van der Waals surface area (Å²) in [5, 5.41) is 2.73. The van der Waals surface area contributed by atoms with E-state index in [1.165, 1.54) is 16.6 Å². The number of carbonyl (C=O) groups excluding carboxylic acids is 2. The summed E-state index contributed by atoms with van der Waals surface area (Å²) < 4.78 is 32.9. The number of piperazine rings is 1. The highest BCUT2D eigenvalue weighted by atomic mass is 79.9. The van der Waals surface area contributed by atoms with E-state index in [-0.39, 0.29) is 48.7 Å². The van der Waals surface area contributed by atoms with E-state index in [0.29, 0.717) is 4.47 Å². The first kappa shape index (κ1) is 22.5. The molecule has 1 aliphatic rings. The number of hydrogen-bond acceptors (Lipinski definition) is 5. The van der Waals surface area contributed by atoms with Gasteiger partial charge in [-0.05, 0) is 36.2 Å². The summed E-state index contributed by atoms with van der Waals surface area (Å²) in [7, 11) is -3.64. The molecule has 1 saturated heterocycles. The summed E-state index contributed by atoms with van der Waals surface area (Å²) >= 11 is 3.29. The van der Waals surface area contributed by atoms with Crippen molar-refractivity contribution in [2.45, 2.75) is 24.8 Å². The molecule has 8 nitrogen and oxygen atoms in total. The Bertz CT molecular complexity index is 999. The van der Waals surface area contributed by atoms with Crippen LogP contribution >= 0.6 is 15.9 Å². The number of carbonyl (C=O) groups is 2. The van der Waals surface area contributed by atoms with Gasteiger partial charge in [-0.15, -0.1) is 0 Å². The van der Waals surface area contributed by atoms with Crippen LogP contribution in [0.15, 0.2) is 56.4 Å². The molecule has 0 aliphatic carbocycles. The molecular weight excluding hydrogens is 474 g/mol. The van der Waals surface area contributed by atoms with E-state index in [1.807, 2.05) is 13.8 Å². The first-order valence-electron chi connectivity index (χ1n) is 9.59. The quantitative estimate of drug-likeness (QED) is 0.659. The fourth-order valence-electron chi connectivity index (χ4n) is 3.26. The Balaban J connectivity index is 1.65. The van der Waals surface area contributed by atoms with Gasteiger partial charge in [0.05, 0.1) is 11.2 Å². The topological polar surface area (TPSA) is 99.9 Å². The van der Waals surface area contributed by atoms with Crippen LogP contribution in [0.3, 0.4) is 0 Å².